The SMILES string of the molecule is Cc1ccc(SC2(CNC(=O)C3CC34CCNCC4)CCCC2)cc1.Cl. The average molecular weight is 395 g/mol. The van der Waals surface area contributed by atoms with Crippen LogP contribution in [0.2, 0.25) is 0 Å². The van der Waals surface area contributed by atoms with Gasteiger partial charge in [0.2, 0.25) is 5.91 Å². The highest BCUT2D eigenvalue weighted by atomic mass is 35.5. The molecular formula is C21H31ClN2OS. The summed E-state index contributed by atoms with van der Waals surface area (Å²) in [7, 11) is 0. The molecule has 1 heterocycles. The Morgan fingerprint density at radius 3 is 2.46 bits per heavy atom. The highest BCUT2D eigenvalue weighted by Crippen LogP contribution is 2.58. The molecule has 0 radical (unpaired) electrons. The first-order chi connectivity index (χ1) is 12.1. The number of rotatable bonds is 5. The number of benzene rings is 1. The first-order valence-corrected chi connectivity index (χ1v) is 10.7. The summed E-state index contributed by atoms with van der Waals surface area (Å²) in [5, 5.41) is 6.77. The molecule has 3 fully saturated rings. The van der Waals surface area contributed by atoms with E-state index in [4.69, 9.17) is 0 Å². The summed E-state index contributed by atoms with van der Waals surface area (Å²) in [6.45, 7) is 5.12. The maximum absolute atomic E-state index is 12.7. The van der Waals surface area contributed by atoms with Crippen molar-refractivity contribution in [2.24, 2.45) is 11.3 Å². The lowest BCUT2D eigenvalue weighted by atomic mass is 9.91. The number of halogens is 1. The molecule has 1 aromatic carbocycles. The van der Waals surface area contributed by atoms with Crippen LogP contribution in [0.4, 0.5) is 0 Å². The number of nitrogens with one attached hydrogen (secondary N) is 2. The molecule has 2 saturated carbocycles. The Bertz CT molecular complexity index is 621. The summed E-state index contributed by atoms with van der Waals surface area (Å²) in [6.07, 6.45) is 8.46. The van der Waals surface area contributed by atoms with Crippen molar-refractivity contribution in [2.45, 2.75) is 61.5 Å². The van der Waals surface area contributed by atoms with Crippen molar-refractivity contribution < 1.29 is 4.79 Å². The van der Waals surface area contributed by atoms with E-state index < -0.39 is 0 Å². The molecule has 1 atom stereocenters. The lowest BCUT2D eigenvalue weighted by molar-refractivity contribution is -0.123. The van der Waals surface area contributed by atoms with Crippen LogP contribution in [0.3, 0.4) is 0 Å². The number of carbonyl (C=O) groups excluding carboxylic acids is 1. The van der Waals surface area contributed by atoms with Crippen LogP contribution in [0.15, 0.2) is 29.2 Å². The van der Waals surface area contributed by atoms with E-state index in [1.165, 1.54) is 49.0 Å². The number of thioether (sulfide) groups is 1. The number of amides is 1. The zero-order valence-corrected chi connectivity index (χ0v) is 17.3. The second kappa shape index (κ2) is 8.12. The van der Waals surface area contributed by atoms with Crippen LogP contribution in [0.5, 0.6) is 0 Å². The monoisotopic (exact) mass is 394 g/mol. The first-order valence-electron chi connectivity index (χ1n) is 9.85. The van der Waals surface area contributed by atoms with Crippen LogP contribution in [0.1, 0.15) is 50.5 Å². The number of hydrogen-bond donors (Lipinski definition) is 2. The van der Waals surface area contributed by atoms with Gasteiger partial charge in [-0.3, -0.25) is 4.79 Å². The summed E-state index contributed by atoms with van der Waals surface area (Å²) >= 11 is 1.98. The molecule has 1 unspecified atom stereocenters. The van der Waals surface area contributed by atoms with Gasteiger partial charge in [0.1, 0.15) is 0 Å². The van der Waals surface area contributed by atoms with Crippen molar-refractivity contribution in [3.63, 3.8) is 0 Å². The third-order valence-corrected chi connectivity index (χ3v) is 8.05. The molecule has 0 bridgehead atoms. The maximum atomic E-state index is 12.7. The van der Waals surface area contributed by atoms with Crippen molar-refractivity contribution >= 4 is 30.1 Å². The minimum atomic E-state index is 0. The number of hydrogen-bond acceptors (Lipinski definition) is 3. The predicted molar refractivity (Wildman–Crippen MR) is 111 cm³/mol. The third-order valence-electron chi connectivity index (χ3n) is 6.56. The van der Waals surface area contributed by atoms with Crippen LogP contribution < -0.4 is 10.6 Å². The van der Waals surface area contributed by atoms with Gasteiger partial charge in [-0.15, -0.1) is 24.2 Å². The fraction of sp³-hybridized carbons (Fsp3) is 0.667. The molecule has 2 N–H and O–H groups in total. The van der Waals surface area contributed by atoms with E-state index in [2.05, 4.69) is 41.8 Å². The third kappa shape index (κ3) is 4.23. The Hall–Kier alpha value is -0.710. The fourth-order valence-corrected chi connectivity index (χ4v) is 6.17. The molecular weight excluding hydrogens is 364 g/mol. The highest BCUT2D eigenvalue weighted by molar-refractivity contribution is 8.00. The van der Waals surface area contributed by atoms with E-state index in [0.29, 0.717) is 11.3 Å². The normalized spacial score (nSPS) is 25.5. The lowest BCUT2D eigenvalue weighted by Crippen LogP contribution is -2.40. The lowest BCUT2D eigenvalue weighted by Gasteiger charge is -2.29. The molecule has 1 aliphatic heterocycles. The van der Waals surface area contributed by atoms with Crippen molar-refractivity contribution in [1.29, 1.82) is 0 Å². The molecule has 26 heavy (non-hydrogen) atoms. The molecule has 1 saturated heterocycles. The van der Waals surface area contributed by atoms with Crippen molar-refractivity contribution in [3.05, 3.63) is 29.8 Å². The van der Waals surface area contributed by atoms with Crippen molar-refractivity contribution in [1.82, 2.24) is 10.6 Å². The van der Waals surface area contributed by atoms with Crippen LogP contribution in [-0.2, 0) is 4.79 Å². The molecule has 2 aliphatic carbocycles. The van der Waals surface area contributed by atoms with Gasteiger partial charge in [-0.25, -0.2) is 0 Å². The Morgan fingerprint density at radius 1 is 1.15 bits per heavy atom. The van der Waals surface area contributed by atoms with Gasteiger partial charge in [-0.1, -0.05) is 30.5 Å². The molecule has 1 amide bonds. The van der Waals surface area contributed by atoms with Crippen LogP contribution in [-0.4, -0.2) is 30.3 Å². The largest absolute Gasteiger partial charge is 0.354 e. The highest BCUT2D eigenvalue weighted by Gasteiger charge is 2.57. The smallest absolute Gasteiger partial charge is 0.223 e. The second-order valence-electron chi connectivity index (χ2n) is 8.39. The molecule has 5 heteroatoms. The topological polar surface area (TPSA) is 41.1 Å². The molecule has 4 rings (SSSR count). The van der Waals surface area contributed by atoms with Gasteiger partial charge in [0, 0.05) is 22.1 Å². The van der Waals surface area contributed by atoms with Crippen LogP contribution in [0.25, 0.3) is 0 Å². The molecule has 0 aromatic heterocycles. The summed E-state index contributed by atoms with van der Waals surface area (Å²) in [4.78, 5) is 14.1. The zero-order valence-electron chi connectivity index (χ0n) is 15.7. The van der Waals surface area contributed by atoms with Gasteiger partial charge >= 0.3 is 0 Å². The minimum Gasteiger partial charge on any atom is -0.354 e. The first kappa shape index (κ1) is 20.0. The summed E-state index contributed by atoms with van der Waals surface area (Å²) < 4.78 is 0.196. The summed E-state index contributed by atoms with van der Waals surface area (Å²) in [6, 6.07) is 8.84. The fourth-order valence-electron chi connectivity index (χ4n) is 4.76. The predicted octanol–water partition coefficient (Wildman–Crippen LogP) is 4.33. The average Bonchev–Trinajstić information content (AvgIpc) is 3.11. The maximum Gasteiger partial charge on any atom is 0.223 e. The Labute approximate surface area is 167 Å². The Kier molecular flexibility index (Phi) is 6.25. The summed E-state index contributed by atoms with van der Waals surface area (Å²) in [5.74, 6) is 0.593. The van der Waals surface area contributed by atoms with E-state index in [-0.39, 0.29) is 23.1 Å². The van der Waals surface area contributed by atoms with Crippen molar-refractivity contribution in [2.75, 3.05) is 19.6 Å². The summed E-state index contributed by atoms with van der Waals surface area (Å²) in [5.41, 5.74) is 1.64. The van der Waals surface area contributed by atoms with E-state index >= 15 is 0 Å². The Balaban J connectivity index is 0.00000196. The molecule has 3 nitrogen and oxygen atoms in total. The van der Waals surface area contributed by atoms with Gasteiger partial charge < -0.3 is 10.6 Å². The molecule has 1 aromatic rings. The van der Waals surface area contributed by atoms with Gasteiger partial charge in [0.05, 0.1) is 0 Å². The van der Waals surface area contributed by atoms with E-state index in [0.717, 1.165) is 26.1 Å². The van der Waals surface area contributed by atoms with E-state index in [1.54, 1.807) is 0 Å². The van der Waals surface area contributed by atoms with E-state index in [9.17, 15) is 4.79 Å². The minimum absolute atomic E-state index is 0. The standard InChI is InChI=1S/C21H30N2OS.ClH/c1-16-4-6-17(7-5-16)25-21(8-2-3-9-21)15-23-19(24)18-14-20(18)10-12-22-13-11-20;/h4-7,18,22H,2-3,8-15H2,1H3,(H,23,24);1H. The van der Waals surface area contributed by atoms with Crippen LogP contribution >= 0.6 is 24.2 Å². The Morgan fingerprint density at radius 2 is 1.81 bits per heavy atom. The number of carbonyl (C=O) groups is 1. The van der Waals surface area contributed by atoms with Gasteiger partial charge in [-0.05, 0) is 69.7 Å². The van der Waals surface area contributed by atoms with Crippen molar-refractivity contribution in [3.8, 4) is 0 Å². The van der Waals surface area contributed by atoms with Gasteiger partial charge in [0.25, 0.3) is 0 Å². The number of piperidine rings is 1. The van der Waals surface area contributed by atoms with Crippen LogP contribution in [0, 0.1) is 18.3 Å². The number of aryl methyl sites for hydroxylation is 1. The quantitative estimate of drug-likeness (QED) is 0.781. The van der Waals surface area contributed by atoms with Gasteiger partial charge in [-0.2, -0.15) is 0 Å². The van der Waals surface area contributed by atoms with Gasteiger partial charge in [0.15, 0.2) is 0 Å². The second-order valence-corrected chi connectivity index (χ2v) is 9.93. The molecule has 3 aliphatic rings. The van der Waals surface area contributed by atoms with E-state index in [1.807, 2.05) is 11.8 Å². The molecule has 1 spiro atoms. The molecule has 144 valence electrons. The zero-order chi connectivity index (χ0) is 17.3.